The van der Waals surface area contributed by atoms with Gasteiger partial charge in [-0.3, -0.25) is 4.98 Å². The van der Waals surface area contributed by atoms with Gasteiger partial charge in [0.05, 0.1) is 20.3 Å². The number of ether oxygens (including phenoxy) is 2. The van der Waals surface area contributed by atoms with E-state index in [2.05, 4.69) is 20.9 Å². The van der Waals surface area contributed by atoms with E-state index in [-0.39, 0.29) is 0 Å². The van der Waals surface area contributed by atoms with Crippen molar-refractivity contribution in [3.63, 3.8) is 0 Å². The lowest BCUT2D eigenvalue weighted by Gasteiger charge is -2.09. The second-order valence-corrected chi connectivity index (χ2v) is 5.00. The van der Waals surface area contributed by atoms with E-state index in [4.69, 9.17) is 9.47 Å². The third-order valence-electron chi connectivity index (χ3n) is 2.73. The molecule has 0 bridgehead atoms. The van der Waals surface area contributed by atoms with E-state index in [1.165, 1.54) is 0 Å². The van der Waals surface area contributed by atoms with Crippen LogP contribution in [0.5, 0.6) is 5.75 Å². The Morgan fingerprint density at radius 1 is 1.21 bits per heavy atom. The maximum absolute atomic E-state index is 5.68. The molecule has 1 aromatic carbocycles. The van der Waals surface area contributed by atoms with E-state index >= 15 is 0 Å². The molecule has 0 aliphatic rings. The van der Waals surface area contributed by atoms with E-state index in [0.717, 1.165) is 27.9 Å². The van der Waals surface area contributed by atoms with Crippen LogP contribution in [0.25, 0.3) is 0 Å². The molecule has 0 saturated carbocycles. The molecule has 0 amide bonds. The molecular formula is C15H16BrNO2. The van der Waals surface area contributed by atoms with Crippen LogP contribution in [0.1, 0.15) is 11.3 Å². The fourth-order valence-electron chi connectivity index (χ4n) is 1.76. The number of pyridine rings is 1. The largest absolute Gasteiger partial charge is 0.496 e. The van der Waals surface area contributed by atoms with Gasteiger partial charge in [-0.2, -0.15) is 0 Å². The molecule has 0 unspecified atom stereocenters. The standard InChI is InChI=1S/C15H16BrNO2/c1-18-15-6-5-13(16)10-12(15)11-19-9-7-14-4-2-3-8-17-14/h2-6,8,10H,7,9,11H2,1H3. The quantitative estimate of drug-likeness (QED) is 0.761. The van der Waals surface area contributed by atoms with Gasteiger partial charge in [-0.05, 0) is 30.3 Å². The molecule has 2 aromatic rings. The zero-order valence-corrected chi connectivity index (χ0v) is 12.4. The molecule has 19 heavy (non-hydrogen) atoms. The molecule has 0 fully saturated rings. The summed E-state index contributed by atoms with van der Waals surface area (Å²) in [5.41, 5.74) is 2.08. The molecule has 1 aromatic heterocycles. The number of benzene rings is 1. The van der Waals surface area contributed by atoms with Crippen LogP contribution < -0.4 is 4.74 Å². The highest BCUT2D eigenvalue weighted by atomic mass is 79.9. The average molecular weight is 322 g/mol. The normalized spacial score (nSPS) is 10.4. The fourth-order valence-corrected chi connectivity index (χ4v) is 2.17. The molecule has 0 aliphatic carbocycles. The molecule has 4 heteroatoms. The van der Waals surface area contributed by atoms with Crippen LogP contribution in [0.4, 0.5) is 0 Å². The summed E-state index contributed by atoms with van der Waals surface area (Å²) in [6.07, 6.45) is 2.61. The lowest BCUT2D eigenvalue weighted by atomic mass is 10.2. The summed E-state index contributed by atoms with van der Waals surface area (Å²) in [5, 5.41) is 0. The van der Waals surface area contributed by atoms with Gasteiger partial charge in [0.25, 0.3) is 0 Å². The van der Waals surface area contributed by atoms with Gasteiger partial charge in [-0.1, -0.05) is 22.0 Å². The van der Waals surface area contributed by atoms with Crippen molar-refractivity contribution < 1.29 is 9.47 Å². The van der Waals surface area contributed by atoms with Crippen molar-refractivity contribution in [3.05, 3.63) is 58.3 Å². The first-order valence-corrected chi connectivity index (χ1v) is 6.89. The number of halogens is 1. The second-order valence-electron chi connectivity index (χ2n) is 4.08. The molecule has 0 spiro atoms. The van der Waals surface area contributed by atoms with Gasteiger partial charge >= 0.3 is 0 Å². The summed E-state index contributed by atoms with van der Waals surface area (Å²) in [7, 11) is 1.67. The van der Waals surface area contributed by atoms with Gasteiger partial charge in [-0.25, -0.2) is 0 Å². The molecule has 0 radical (unpaired) electrons. The maximum Gasteiger partial charge on any atom is 0.124 e. The van der Waals surface area contributed by atoms with Gasteiger partial charge in [0.2, 0.25) is 0 Å². The Bertz CT molecular complexity index is 517. The number of hydrogen-bond acceptors (Lipinski definition) is 3. The fraction of sp³-hybridized carbons (Fsp3) is 0.267. The average Bonchev–Trinajstić information content (AvgIpc) is 2.45. The van der Waals surface area contributed by atoms with Crippen molar-refractivity contribution in [2.24, 2.45) is 0 Å². The zero-order chi connectivity index (χ0) is 13.5. The van der Waals surface area contributed by atoms with E-state index in [1.54, 1.807) is 13.3 Å². The van der Waals surface area contributed by atoms with E-state index in [0.29, 0.717) is 13.2 Å². The van der Waals surface area contributed by atoms with Crippen molar-refractivity contribution in [1.29, 1.82) is 0 Å². The van der Waals surface area contributed by atoms with E-state index < -0.39 is 0 Å². The molecule has 1 heterocycles. The van der Waals surface area contributed by atoms with Crippen LogP contribution >= 0.6 is 15.9 Å². The second kappa shape index (κ2) is 7.26. The molecule has 0 atom stereocenters. The minimum atomic E-state index is 0.537. The Labute approximate surface area is 121 Å². The van der Waals surface area contributed by atoms with Crippen molar-refractivity contribution in [1.82, 2.24) is 4.98 Å². The molecule has 0 N–H and O–H groups in total. The lowest BCUT2D eigenvalue weighted by molar-refractivity contribution is 0.121. The summed E-state index contributed by atoms with van der Waals surface area (Å²) in [4.78, 5) is 4.26. The number of aromatic nitrogens is 1. The smallest absolute Gasteiger partial charge is 0.124 e. The molecule has 100 valence electrons. The van der Waals surface area contributed by atoms with Gasteiger partial charge in [0, 0.05) is 28.3 Å². The Balaban J connectivity index is 1.84. The van der Waals surface area contributed by atoms with Crippen LogP contribution in [0.15, 0.2) is 47.1 Å². The summed E-state index contributed by atoms with van der Waals surface area (Å²) >= 11 is 3.45. The van der Waals surface area contributed by atoms with Gasteiger partial charge in [-0.15, -0.1) is 0 Å². The first-order chi connectivity index (χ1) is 9.29. The minimum Gasteiger partial charge on any atom is -0.496 e. The lowest BCUT2D eigenvalue weighted by Crippen LogP contribution is -2.01. The molecular weight excluding hydrogens is 306 g/mol. The summed E-state index contributed by atoms with van der Waals surface area (Å²) < 4.78 is 12.0. The number of methoxy groups -OCH3 is 1. The van der Waals surface area contributed by atoms with Gasteiger partial charge in [0.1, 0.15) is 5.75 Å². The summed E-state index contributed by atoms with van der Waals surface area (Å²) in [5.74, 6) is 0.848. The third-order valence-corrected chi connectivity index (χ3v) is 3.22. The third kappa shape index (κ3) is 4.33. The Morgan fingerprint density at radius 2 is 2.11 bits per heavy atom. The molecule has 2 rings (SSSR count). The van der Waals surface area contributed by atoms with Crippen molar-refractivity contribution >= 4 is 15.9 Å². The van der Waals surface area contributed by atoms with Crippen LogP contribution in [0.3, 0.4) is 0 Å². The van der Waals surface area contributed by atoms with E-state index in [1.807, 2.05) is 36.4 Å². The van der Waals surface area contributed by atoms with Crippen LogP contribution in [0.2, 0.25) is 0 Å². The van der Waals surface area contributed by atoms with Crippen molar-refractivity contribution in [2.75, 3.05) is 13.7 Å². The Morgan fingerprint density at radius 3 is 2.84 bits per heavy atom. The SMILES string of the molecule is COc1ccc(Br)cc1COCCc1ccccn1. The number of nitrogens with zero attached hydrogens (tertiary/aromatic N) is 1. The van der Waals surface area contributed by atoms with Crippen LogP contribution in [-0.2, 0) is 17.8 Å². The first-order valence-electron chi connectivity index (χ1n) is 6.09. The van der Waals surface area contributed by atoms with Crippen molar-refractivity contribution in [2.45, 2.75) is 13.0 Å². The van der Waals surface area contributed by atoms with Gasteiger partial charge in [0.15, 0.2) is 0 Å². The first kappa shape index (κ1) is 14.0. The summed E-state index contributed by atoms with van der Waals surface area (Å²) in [6.45, 7) is 1.18. The number of rotatable bonds is 6. The number of hydrogen-bond donors (Lipinski definition) is 0. The highest BCUT2D eigenvalue weighted by molar-refractivity contribution is 9.10. The summed E-state index contributed by atoms with van der Waals surface area (Å²) in [6, 6.07) is 11.8. The highest BCUT2D eigenvalue weighted by Gasteiger charge is 2.04. The molecule has 3 nitrogen and oxygen atoms in total. The van der Waals surface area contributed by atoms with Gasteiger partial charge < -0.3 is 9.47 Å². The Kier molecular flexibility index (Phi) is 5.36. The topological polar surface area (TPSA) is 31.4 Å². The molecule has 0 saturated heterocycles. The highest BCUT2D eigenvalue weighted by Crippen LogP contribution is 2.23. The predicted molar refractivity (Wildman–Crippen MR) is 78.3 cm³/mol. The maximum atomic E-state index is 5.68. The minimum absolute atomic E-state index is 0.537. The van der Waals surface area contributed by atoms with Crippen LogP contribution in [-0.4, -0.2) is 18.7 Å². The van der Waals surface area contributed by atoms with Crippen LogP contribution in [0, 0.1) is 0 Å². The monoisotopic (exact) mass is 321 g/mol. The zero-order valence-electron chi connectivity index (χ0n) is 10.8. The van der Waals surface area contributed by atoms with E-state index in [9.17, 15) is 0 Å². The molecule has 0 aliphatic heterocycles. The Hall–Kier alpha value is -1.39. The predicted octanol–water partition coefficient (Wildman–Crippen LogP) is 3.61. The van der Waals surface area contributed by atoms with Crippen molar-refractivity contribution in [3.8, 4) is 5.75 Å².